The number of fused-ring (bicyclic) bond motifs is 1. The van der Waals surface area contributed by atoms with Crippen molar-refractivity contribution in [1.82, 2.24) is 14.7 Å². The number of aromatic nitrogens is 2. The van der Waals surface area contributed by atoms with Crippen LogP contribution in [0.15, 0.2) is 29.0 Å². The van der Waals surface area contributed by atoms with Crippen LogP contribution in [0.4, 0.5) is 0 Å². The molecule has 0 aromatic carbocycles. The predicted octanol–water partition coefficient (Wildman–Crippen LogP) is 2.91. The Morgan fingerprint density at radius 3 is 3.12 bits per heavy atom. The summed E-state index contributed by atoms with van der Waals surface area (Å²) in [7, 11) is 0. The lowest BCUT2D eigenvalue weighted by atomic mass is 10.0. The van der Waals surface area contributed by atoms with E-state index in [0.717, 1.165) is 22.5 Å². The highest BCUT2D eigenvalue weighted by Crippen LogP contribution is 2.25. The van der Waals surface area contributed by atoms with Crippen LogP contribution in [0.5, 0.6) is 0 Å². The van der Waals surface area contributed by atoms with E-state index in [2.05, 4.69) is 42.8 Å². The molecule has 0 amide bonds. The molecule has 3 heterocycles. The lowest BCUT2D eigenvalue weighted by Gasteiger charge is -2.22. The van der Waals surface area contributed by atoms with Crippen molar-refractivity contribution >= 4 is 21.4 Å². The molecule has 2 aromatic heterocycles. The van der Waals surface area contributed by atoms with Gasteiger partial charge in [-0.3, -0.25) is 4.40 Å². The summed E-state index contributed by atoms with van der Waals surface area (Å²) in [6.07, 6.45) is 5.69. The number of rotatable bonds is 1. The number of halogens is 1. The molecule has 4 heteroatoms. The average molecular weight is 280 g/mol. The van der Waals surface area contributed by atoms with Gasteiger partial charge in [0, 0.05) is 0 Å². The summed E-state index contributed by atoms with van der Waals surface area (Å²) in [5.74, 6) is 1.13. The number of nitrogens with zero attached hydrogens (tertiary/aromatic N) is 2. The highest BCUT2D eigenvalue weighted by molar-refractivity contribution is 9.10. The van der Waals surface area contributed by atoms with Crippen LogP contribution in [-0.4, -0.2) is 15.9 Å². The first-order valence-corrected chi connectivity index (χ1v) is 6.51. The molecule has 84 valence electrons. The van der Waals surface area contributed by atoms with Crippen molar-refractivity contribution in [2.75, 3.05) is 6.54 Å². The van der Waals surface area contributed by atoms with Gasteiger partial charge >= 0.3 is 0 Å². The molecule has 1 atom stereocenters. The normalized spacial score (nSPS) is 21.4. The fraction of sp³-hybridized carbons (Fsp3) is 0.417. The SMILES string of the molecule is Brc1cccc2cnc(C3CCCCN3)n12. The zero-order valence-corrected chi connectivity index (χ0v) is 10.6. The maximum Gasteiger partial charge on any atom is 0.131 e. The molecule has 1 fully saturated rings. The maximum atomic E-state index is 4.55. The van der Waals surface area contributed by atoms with Gasteiger partial charge in [0.15, 0.2) is 0 Å². The summed E-state index contributed by atoms with van der Waals surface area (Å²) in [5, 5.41) is 3.54. The van der Waals surface area contributed by atoms with Crippen molar-refractivity contribution in [3.8, 4) is 0 Å². The minimum absolute atomic E-state index is 0.398. The first-order valence-electron chi connectivity index (χ1n) is 5.71. The molecule has 0 aliphatic carbocycles. The third kappa shape index (κ3) is 1.66. The van der Waals surface area contributed by atoms with Crippen LogP contribution in [0, 0.1) is 0 Å². The van der Waals surface area contributed by atoms with Gasteiger partial charge in [-0.25, -0.2) is 4.98 Å². The summed E-state index contributed by atoms with van der Waals surface area (Å²) in [6, 6.07) is 6.58. The summed E-state index contributed by atoms with van der Waals surface area (Å²) >= 11 is 3.59. The second-order valence-electron chi connectivity index (χ2n) is 4.23. The molecule has 2 aromatic rings. The molecular formula is C12H14BrN3. The largest absolute Gasteiger partial charge is 0.307 e. The van der Waals surface area contributed by atoms with E-state index in [1.165, 1.54) is 19.3 Å². The van der Waals surface area contributed by atoms with Gasteiger partial charge in [0.2, 0.25) is 0 Å². The summed E-state index contributed by atoms with van der Waals surface area (Å²) in [6.45, 7) is 1.10. The van der Waals surface area contributed by atoms with Crippen LogP contribution in [-0.2, 0) is 0 Å². The zero-order valence-electron chi connectivity index (χ0n) is 8.99. The van der Waals surface area contributed by atoms with Crippen LogP contribution >= 0.6 is 15.9 Å². The summed E-state index contributed by atoms with van der Waals surface area (Å²) in [5.41, 5.74) is 1.15. The maximum absolute atomic E-state index is 4.55. The Labute approximate surface area is 103 Å². The van der Waals surface area contributed by atoms with Gasteiger partial charge in [0.1, 0.15) is 5.82 Å². The van der Waals surface area contributed by atoms with E-state index in [-0.39, 0.29) is 0 Å². The Morgan fingerprint density at radius 1 is 1.38 bits per heavy atom. The molecular weight excluding hydrogens is 266 g/mol. The molecule has 1 aliphatic heterocycles. The van der Waals surface area contributed by atoms with Crippen LogP contribution in [0.2, 0.25) is 0 Å². The van der Waals surface area contributed by atoms with E-state index in [4.69, 9.17) is 0 Å². The number of nitrogens with one attached hydrogen (secondary N) is 1. The third-order valence-electron chi connectivity index (χ3n) is 3.15. The van der Waals surface area contributed by atoms with Gasteiger partial charge in [0.25, 0.3) is 0 Å². The highest BCUT2D eigenvalue weighted by Gasteiger charge is 2.19. The lowest BCUT2D eigenvalue weighted by molar-refractivity contribution is 0.396. The first kappa shape index (κ1) is 10.3. The van der Waals surface area contributed by atoms with Crippen molar-refractivity contribution in [3.63, 3.8) is 0 Å². The van der Waals surface area contributed by atoms with E-state index < -0.39 is 0 Å². The third-order valence-corrected chi connectivity index (χ3v) is 3.77. The van der Waals surface area contributed by atoms with Crippen molar-refractivity contribution in [2.45, 2.75) is 25.3 Å². The summed E-state index contributed by atoms with van der Waals surface area (Å²) < 4.78 is 3.26. The standard InChI is InChI=1S/C12H14BrN3/c13-11-6-3-4-9-8-15-12(16(9)11)10-5-1-2-7-14-10/h3-4,6,8,10,14H,1-2,5,7H2. The molecule has 3 rings (SSSR count). The molecule has 0 spiro atoms. The Morgan fingerprint density at radius 2 is 2.31 bits per heavy atom. The Kier molecular flexibility index (Phi) is 2.69. The topological polar surface area (TPSA) is 29.3 Å². The van der Waals surface area contributed by atoms with E-state index in [1.807, 2.05) is 12.3 Å². The van der Waals surface area contributed by atoms with Crippen LogP contribution in [0.1, 0.15) is 31.1 Å². The van der Waals surface area contributed by atoms with Crippen molar-refractivity contribution < 1.29 is 0 Å². The van der Waals surface area contributed by atoms with E-state index in [0.29, 0.717) is 6.04 Å². The van der Waals surface area contributed by atoms with Gasteiger partial charge in [-0.05, 0) is 47.4 Å². The molecule has 0 saturated carbocycles. The van der Waals surface area contributed by atoms with Crippen molar-refractivity contribution in [3.05, 3.63) is 34.8 Å². The minimum atomic E-state index is 0.398. The first-order chi connectivity index (χ1) is 7.86. The quantitative estimate of drug-likeness (QED) is 0.814. The van der Waals surface area contributed by atoms with Gasteiger partial charge in [-0.15, -0.1) is 0 Å². The Hall–Kier alpha value is -0.870. The van der Waals surface area contributed by atoms with E-state index >= 15 is 0 Å². The Balaban J connectivity index is 2.09. The number of pyridine rings is 1. The second-order valence-corrected chi connectivity index (χ2v) is 5.04. The molecule has 3 nitrogen and oxygen atoms in total. The van der Waals surface area contributed by atoms with Crippen molar-refractivity contribution in [1.29, 1.82) is 0 Å². The number of hydrogen-bond acceptors (Lipinski definition) is 2. The summed E-state index contributed by atoms with van der Waals surface area (Å²) in [4.78, 5) is 4.55. The van der Waals surface area contributed by atoms with Crippen molar-refractivity contribution in [2.24, 2.45) is 0 Å². The fourth-order valence-electron chi connectivity index (χ4n) is 2.35. The van der Waals surface area contributed by atoms with Gasteiger partial charge < -0.3 is 5.32 Å². The second kappa shape index (κ2) is 4.18. The van der Waals surface area contributed by atoms with E-state index in [9.17, 15) is 0 Å². The molecule has 1 N–H and O–H groups in total. The van der Waals surface area contributed by atoms with Crippen LogP contribution < -0.4 is 5.32 Å². The highest BCUT2D eigenvalue weighted by atomic mass is 79.9. The number of imidazole rings is 1. The molecule has 0 bridgehead atoms. The van der Waals surface area contributed by atoms with Crippen LogP contribution in [0.3, 0.4) is 0 Å². The number of piperidine rings is 1. The van der Waals surface area contributed by atoms with Gasteiger partial charge in [-0.1, -0.05) is 12.5 Å². The van der Waals surface area contributed by atoms with Gasteiger partial charge in [0.05, 0.1) is 22.4 Å². The number of hydrogen-bond donors (Lipinski definition) is 1. The molecule has 0 radical (unpaired) electrons. The molecule has 1 unspecified atom stereocenters. The average Bonchev–Trinajstić information content (AvgIpc) is 2.75. The monoisotopic (exact) mass is 279 g/mol. The lowest BCUT2D eigenvalue weighted by Crippen LogP contribution is -2.28. The minimum Gasteiger partial charge on any atom is -0.307 e. The molecule has 16 heavy (non-hydrogen) atoms. The fourth-order valence-corrected chi connectivity index (χ4v) is 2.89. The van der Waals surface area contributed by atoms with Crippen LogP contribution in [0.25, 0.3) is 5.52 Å². The smallest absolute Gasteiger partial charge is 0.131 e. The molecule has 1 saturated heterocycles. The van der Waals surface area contributed by atoms with E-state index in [1.54, 1.807) is 0 Å². The zero-order chi connectivity index (χ0) is 11.0. The Bertz CT molecular complexity index is 500. The molecule has 1 aliphatic rings. The van der Waals surface area contributed by atoms with Gasteiger partial charge in [-0.2, -0.15) is 0 Å². The predicted molar refractivity (Wildman–Crippen MR) is 67.5 cm³/mol.